The van der Waals surface area contributed by atoms with Gasteiger partial charge in [0.15, 0.2) is 5.16 Å². The normalized spacial score (nSPS) is 10.5. The summed E-state index contributed by atoms with van der Waals surface area (Å²) in [5, 5.41) is 10.6. The Morgan fingerprint density at radius 2 is 2.19 bits per heavy atom. The second-order valence-corrected chi connectivity index (χ2v) is 7.59. The van der Waals surface area contributed by atoms with E-state index in [4.69, 9.17) is 10.5 Å². The fourth-order valence-corrected chi connectivity index (χ4v) is 4.59. The average Bonchev–Trinajstić information content (AvgIpc) is 3.24. The van der Waals surface area contributed by atoms with Crippen LogP contribution in [0.2, 0.25) is 0 Å². The topological polar surface area (TPSA) is 93.9 Å². The van der Waals surface area contributed by atoms with Gasteiger partial charge in [0.05, 0.1) is 12.2 Å². The van der Waals surface area contributed by atoms with Crippen molar-refractivity contribution in [3.05, 3.63) is 64.3 Å². The van der Waals surface area contributed by atoms with Crippen LogP contribution in [0.1, 0.15) is 33.3 Å². The number of nitrogen functional groups attached to an aromatic ring is 1. The van der Waals surface area contributed by atoms with E-state index in [0.29, 0.717) is 33.3 Å². The third kappa shape index (κ3) is 4.32. The molecule has 0 fully saturated rings. The van der Waals surface area contributed by atoms with Crippen LogP contribution in [0.3, 0.4) is 0 Å². The van der Waals surface area contributed by atoms with Crippen LogP contribution in [0, 0.1) is 11.3 Å². The predicted molar refractivity (Wildman–Crippen MR) is 107 cm³/mol. The summed E-state index contributed by atoms with van der Waals surface area (Å²) in [5.74, 6) is -0.0322. The summed E-state index contributed by atoms with van der Waals surface area (Å²) in [6.45, 7) is 2.71. The van der Waals surface area contributed by atoms with Gasteiger partial charge in [-0.05, 0) is 12.5 Å². The Bertz CT molecular complexity index is 974. The molecule has 2 heterocycles. The van der Waals surface area contributed by atoms with Crippen molar-refractivity contribution in [2.24, 2.45) is 0 Å². The predicted octanol–water partition coefficient (Wildman–Crippen LogP) is 3.92. The van der Waals surface area contributed by atoms with Crippen LogP contribution in [-0.2, 0) is 17.0 Å². The number of anilines is 1. The zero-order chi connectivity index (χ0) is 19.2. The monoisotopic (exact) mass is 398 g/mol. The number of benzene rings is 1. The molecule has 0 saturated heterocycles. The average molecular weight is 399 g/mol. The molecule has 0 aliphatic heterocycles. The second kappa shape index (κ2) is 8.75. The molecule has 3 rings (SSSR count). The van der Waals surface area contributed by atoms with E-state index in [-0.39, 0.29) is 6.61 Å². The number of thiophene rings is 1. The zero-order valence-electron chi connectivity index (χ0n) is 14.7. The van der Waals surface area contributed by atoms with Crippen LogP contribution < -0.4 is 5.73 Å². The molecule has 0 unspecified atom stereocenters. The minimum atomic E-state index is -0.445. The van der Waals surface area contributed by atoms with Gasteiger partial charge < -0.3 is 15.0 Å². The molecule has 0 amide bonds. The van der Waals surface area contributed by atoms with E-state index in [1.807, 2.05) is 29.0 Å². The van der Waals surface area contributed by atoms with Crippen LogP contribution in [0.25, 0.3) is 0 Å². The number of nitrogens with two attached hydrogens (primary N) is 1. The fourth-order valence-electron chi connectivity index (χ4n) is 2.58. The number of thioether (sulfide) groups is 1. The molecule has 27 heavy (non-hydrogen) atoms. The quantitative estimate of drug-likeness (QED) is 0.479. The van der Waals surface area contributed by atoms with Gasteiger partial charge in [-0.2, -0.15) is 5.26 Å². The van der Waals surface area contributed by atoms with Gasteiger partial charge in [-0.25, -0.2) is 9.78 Å². The van der Waals surface area contributed by atoms with Gasteiger partial charge in [-0.3, -0.25) is 0 Å². The number of nitriles is 1. The van der Waals surface area contributed by atoms with Crippen LogP contribution in [-0.4, -0.2) is 22.1 Å². The van der Waals surface area contributed by atoms with E-state index in [2.05, 4.69) is 23.2 Å². The molecule has 3 aromatic rings. The van der Waals surface area contributed by atoms with E-state index in [0.717, 1.165) is 16.5 Å². The molecule has 6 nitrogen and oxygen atoms in total. The van der Waals surface area contributed by atoms with Gasteiger partial charge in [0.1, 0.15) is 15.9 Å². The Hall–Kier alpha value is -2.76. The van der Waals surface area contributed by atoms with Crippen LogP contribution >= 0.6 is 23.1 Å². The molecule has 2 aromatic heterocycles. The Morgan fingerprint density at radius 3 is 2.89 bits per heavy atom. The SMILES string of the molecule is CCOC(=O)c1sc(N)c(C#N)c1CSc1nccn1Cc1ccccc1. The second-order valence-electron chi connectivity index (χ2n) is 5.59. The zero-order valence-corrected chi connectivity index (χ0v) is 16.3. The van der Waals surface area contributed by atoms with E-state index in [1.165, 1.54) is 17.3 Å². The summed E-state index contributed by atoms with van der Waals surface area (Å²) in [4.78, 5) is 17.0. The van der Waals surface area contributed by atoms with E-state index < -0.39 is 5.97 Å². The standard InChI is InChI=1S/C19H18N4O2S2/c1-2-25-18(24)16-15(14(10-20)17(21)27-16)12-26-19-22-8-9-23(19)11-13-6-4-3-5-7-13/h3-9H,2,11-12,21H2,1H3. The summed E-state index contributed by atoms with van der Waals surface area (Å²) < 4.78 is 7.13. The molecule has 0 aliphatic rings. The highest BCUT2D eigenvalue weighted by Gasteiger charge is 2.23. The van der Waals surface area contributed by atoms with Crippen molar-refractivity contribution in [1.82, 2.24) is 9.55 Å². The largest absolute Gasteiger partial charge is 0.462 e. The number of aromatic nitrogens is 2. The number of carbonyl (C=O) groups excluding carboxylic acids is 1. The first-order chi connectivity index (χ1) is 13.1. The summed E-state index contributed by atoms with van der Waals surface area (Å²) in [5.41, 5.74) is 8.05. The number of hydrogen-bond donors (Lipinski definition) is 1. The Balaban J connectivity index is 1.81. The van der Waals surface area contributed by atoms with Crippen molar-refractivity contribution in [3.8, 4) is 6.07 Å². The minimum absolute atomic E-state index is 0.270. The molecule has 1 aromatic carbocycles. The van der Waals surface area contributed by atoms with E-state index in [9.17, 15) is 10.1 Å². The number of carbonyl (C=O) groups is 1. The lowest BCUT2D eigenvalue weighted by atomic mass is 10.2. The highest BCUT2D eigenvalue weighted by Crippen LogP contribution is 2.35. The molecule has 8 heteroatoms. The molecule has 0 spiro atoms. The molecule has 0 saturated carbocycles. The molecule has 0 radical (unpaired) electrons. The lowest BCUT2D eigenvalue weighted by Crippen LogP contribution is -2.06. The summed E-state index contributed by atoms with van der Waals surface area (Å²) >= 11 is 2.56. The lowest BCUT2D eigenvalue weighted by Gasteiger charge is -2.08. The molecule has 0 aliphatic carbocycles. The molecule has 0 bridgehead atoms. The summed E-state index contributed by atoms with van der Waals surface area (Å²) in [6.07, 6.45) is 3.65. The van der Waals surface area contributed by atoms with Gasteiger partial charge in [0, 0.05) is 30.3 Å². The molecular weight excluding hydrogens is 380 g/mol. The third-order valence-corrected chi connectivity index (χ3v) is 5.90. The van der Waals surface area contributed by atoms with Crippen LogP contribution in [0.5, 0.6) is 0 Å². The van der Waals surface area contributed by atoms with E-state index in [1.54, 1.807) is 13.1 Å². The first-order valence-corrected chi connectivity index (χ1v) is 10.1. The highest BCUT2D eigenvalue weighted by molar-refractivity contribution is 7.98. The van der Waals surface area contributed by atoms with Gasteiger partial charge in [-0.1, -0.05) is 42.1 Å². The Kier molecular flexibility index (Phi) is 6.16. The number of rotatable bonds is 7. The lowest BCUT2D eigenvalue weighted by molar-refractivity contribution is 0.0531. The van der Waals surface area contributed by atoms with Crippen molar-refractivity contribution in [1.29, 1.82) is 5.26 Å². The smallest absolute Gasteiger partial charge is 0.348 e. The first kappa shape index (κ1) is 19.0. The first-order valence-electron chi connectivity index (χ1n) is 8.30. The van der Waals surface area contributed by atoms with Crippen molar-refractivity contribution >= 4 is 34.1 Å². The fraction of sp³-hybridized carbons (Fsp3) is 0.211. The minimum Gasteiger partial charge on any atom is -0.462 e. The number of imidazole rings is 1. The van der Waals surface area contributed by atoms with Gasteiger partial charge in [-0.15, -0.1) is 11.3 Å². The summed E-state index contributed by atoms with van der Waals surface area (Å²) in [7, 11) is 0. The van der Waals surface area contributed by atoms with E-state index >= 15 is 0 Å². The van der Waals surface area contributed by atoms with Crippen molar-refractivity contribution in [2.45, 2.75) is 24.4 Å². The highest BCUT2D eigenvalue weighted by atomic mass is 32.2. The number of esters is 1. The van der Waals surface area contributed by atoms with Crippen LogP contribution in [0.15, 0.2) is 47.9 Å². The molecule has 0 atom stereocenters. The van der Waals surface area contributed by atoms with Gasteiger partial charge >= 0.3 is 5.97 Å². The Morgan fingerprint density at radius 1 is 1.41 bits per heavy atom. The van der Waals surface area contributed by atoms with Crippen LogP contribution in [0.4, 0.5) is 5.00 Å². The molecular formula is C19H18N4O2S2. The van der Waals surface area contributed by atoms with Crippen molar-refractivity contribution < 1.29 is 9.53 Å². The third-order valence-electron chi connectivity index (χ3n) is 3.83. The molecule has 138 valence electrons. The number of nitrogens with zero attached hydrogens (tertiary/aromatic N) is 3. The maximum absolute atomic E-state index is 12.2. The maximum Gasteiger partial charge on any atom is 0.348 e. The number of ether oxygens (including phenoxy) is 1. The molecule has 2 N–H and O–H groups in total. The van der Waals surface area contributed by atoms with Gasteiger partial charge in [0.2, 0.25) is 0 Å². The Labute approximate surface area is 165 Å². The van der Waals surface area contributed by atoms with Gasteiger partial charge in [0.25, 0.3) is 0 Å². The summed E-state index contributed by atoms with van der Waals surface area (Å²) in [6, 6.07) is 12.2. The maximum atomic E-state index is 12.2. The number of hydrogen-bond acceptors (Lipinski definition) is 7. The van der Waals surface area contributed by atoms with Crippen molar-refractivity contribution in [3.63, 3.8) is 0 Å². The van der Waals surface area contributed by atoms with Crippen molar-refractivity contribution in [2.75, 3.05) is 12.3 Å².